The predicted molar refractivity (Wildman–Crippen MR) is 304 cm³/mol. The number of rotatable bonds is 9. The van der Waals surface area contributed by atoms with Gasteiger partial charge in [0.15, 0.2) is 0 Å². The lowest BCUT2D eigenvalue weighted by Crippen LogP contribution is -2.38. The lowest BCUT2D eigenvalue weighted by molar-refractivity contribution is 0.730. The van der Waals surface area contributed by atoms with Gasteiger partial charge in [0.05, 0.1) is 73.9 Å². The van der Waals surface area contributed by atoms with Gasteiger partial charge in [-0.05, 0) is 136 Å². The van der Waals surface area contributed by atoms with E-state index in [1.165, 1.54) is 22.3 Å². The monoisotopic (exact) mass is 957 g/mol. The zero-order valence-electron chi connectivity index (χ0n) is 40.9. The van der Waals surface area contributed by atoms with Crippen molar-refractivity contribution in [3.63, 3.8) is 0 Å². The number of hydrogen-bond donors (Lipinski definition) is 0. The fourth-order valence-electron chi connectivity index (χ4n) is 12.2. The summed E-state index contributed by atoms with van der Waals surface area (Å²) in [6.07, 6.45) is 0. The minimum atomic E-state index is -0.660. The molecule has 352 valence electrons. The van der Waals surface area contributed by atoms with Gasteiger partial charge in [0.2, 0.25) is 0 Å². The van der Waals surface area contributed by atoms with E-state index in [9.17, 15) is 10.5 Å². The van der Waals surface area contributed by atoms with Crippen LogP contribution in [0.2, 0.25) is 0 Å². The molecule has 5 heteroatoms. The third kappa shape index (κ3) is 7.06. The molecule has 2 aliphatic heterocycles. The van der Waals surface area contributed by atoms with Crippen LogP contribution in [0.15, 0.2) is 285 Å². The Morgan fingerprint density at radius 1 is 0.280 bits per heavy atom. The molecule has 11 aromatic carbocycles. The van der Waals surface area contributed by atoms with Crippen molar-refractivity contribution in [1.29, 1.82) is 10.5 Å². The van der Waals surface area contributed by atoms with Gasteiger partial charge in [-0.1, -0.05) is 194 Å². The average Bonchev–Trinajstić information content (AvgIpc) is 3.51. The molecule has 0 spiro atoms. The van der Waals surface area contributed by atoms with Gasteiger partial charge in [0.1, 0.15) is 0 Å². The Morgan fingerprint density at radius 2 is 0.547 bits per heavy atom. The molecule has 0 bridgehead atoms. The number of nitriles is 2. The van der Waals surface area contributed by atoms with Crippen LogP contribution in [0.25, 0.3) is 0 Å². The number of benzene rings is 11. The summed E-state index contributed by atoms with van der Waals surface area (Å²) in [6.45, 7) is 0. The molecule has 2 heterocycles. The van der Waals surface area contributed by atoms with Gasteiger partial charge in [-0.2, -0.15) is 10.5 Å². The minimum absolute atomic E-state index is 0.566. The fraction of sp³-hybridized carbons (Fsp3) is 0.0286. The van der Waals surface area contributed by atoms with Crippen LogP contribution in [0, 0.1) is 22.7 Å². The van der Waals surface area contributed by atoms with Gasteiger partial charge in [0, 0.05) is 11.4 Å². The molecule has 0 amide bonds. The molecule has 0 atom stereocenters. The van der Waals surface area contributed by atoms with Crippen LogP contribution in [0.3, 0.4) is 0 Å². The van der Waals surface area contributed by atoms with Gasteiger partial charge in [-0.25, -0.2) is 0 Å². The van der Waals surface area contributed by atoms with Crippen molar-refractivity contribution in [3.05, 3.63) is 341 Å². The van der Waals surface area contributed by atoms with Crippen molar-refractivity contribution in [2.45, 2.75) is 10.8 Å². The van der Waals surface area contributed by atoms with Gasteiger partial charge < -0.3 is 14.7 Å². The fourth-order valence-corrected chi connectivity index (χ4v) is 12.2. The van der Waals surface area contributed by atoms with Crippen molar-refractivity contribution >= 4 is 51.2 Å². The molecule has 0 fully saturated rings. The predicted octanol–water partition coefficient (Wildman–Crippen LogP) is 17.2. The first-order valence-corrected chi connectivity index (χ1v) is 25.3. The molecule has 2 aliphatic rings. The Labute approximate surface area is 438 Å². The third-order valence-corrected chi connectivity index (χ3v) is 15.2. The van der Waals surface area contributed by atoms with Crippen LogP contribution in [-0.2, 0) is 10.8 Å². The van der Waals surface area contributed by atoms with E-state index in [0.29, 0.717) is 11.1 Å². The number of nitrogens with zero attached hydrogens (tertiary/aromatic N) is 5. The van der Waals surface area contributed by atoms with Gasteiger partial charge in [0.25, 0.3) is 0 Å². The first-order chi connectivity index (χ1) is 37.1. The van der Waals surface area contributed by atoms with Crippen molar-refractivity contribution in [1.82, 2.24) is 0 Å². The Balaban J connectivity index is 1.13. The lowest BCUT2D eigenvalue weighted by atomic mass is 9.62. The number of para-hydroxylation sites is 4. The van der Waals surface area contributed by atoms with Crippen molar-refractivity contribution in [2.24, 2.45) is 0 Å². The second-order valence-electron chi connectivity index (χ2n) is 19.1. The SMILES string of the molecule is N#Cc1ccc(N(c2ccc(C#N)cc2)c2cc(N3c4ccccc4C(c4ccccc4)(c4ccccc4)c4ccccc43)cc(N3c4ccccc4C(c4ccccc4)(c4ccccc4)c4ccccc43)c2)cc1. The summed E-state index contributed by atoms with van der Waals surface area (Å²) in [6, 6.07) is 106. The second kappa shape index (κ2) is 18.4. The van der Waals surface area contributed by atoms with Crippen LogP contribution < -0.4 is 14.7 Å². The van der Waals surface area contributed by atoms with Crippen LogP contribution in [-0.4, -0.2) is 0 Å². The number of fused-ring (bicyclic) bond motifs is 4. The molecule has 0 radical (unpaired) electrons. The minimum Gasteiger partial charge on any atom is -0.310 e. The van der Waals surface area contributed by atoms with Gasteiger partial charge >= 0.3 is 0 Å². The summed E-state index contributed by atoms with van der Waals surface area (Å²) in [5.74, 6) is 0. The Bertz CT molecular complexity index is 3540. The van der Waals surface area contributed by atoms with Crippen molar-refractivity contribution in [3.8, 4) is 12.1 Å². The van der Waals surface area contributed by atoms with E-state index >= 15 is 0 Å². The Hall–Kier alpha value is -10.2. The Morgan fingerprint density at radius 3 is 0.827 bits per heavy atom. The highest BCUT2D eigenvalue weighted by Crippen LogP contribution is 2.61. The maximum atomic E-state index is 10.00. The maximum Gasteiger partial charge on any atom is 0.0991 e. The number of anilines is 9. The lowest BCUT2D eigenvalue weighted by Gasteiger charge is -2.47. The summed E-state index contributed by atoms with van der Waals surface area (Å²) in [7, 11) is 0. The van der Waals surface area contributed by atoms with E-state index in [2.05, 4.69) is 263 Å². The molecule has 0 aromatic heterocycles. The molecule has 0 unspecified atom stereocenters. The number of hydrogen-bond acceptors (Lipinski definition) is 5. The summed E-state index contributed by atoms with van der Waals surface area (Å²) in [4.78, 5) is 7.12. The summed E-state index contributed by atoms with van der Waals surface area (Å²) < 4.78 is 0. The van der Waals surface area contributed by atoms with E-state index in [4.69, 9.17) is 0 Å². The quantitative estimate of drug-likeness (QED) is 0.144. The van der Waals surface area contributed by atoms with E-state index in [1.807, 2.05) is 48.5 Å². The normalized spacial score (nSPS) is 13.5. The highest BCUT2D eigenvalue weighted by Gasteiger charge is 2.48. The van der Waals surface area contributed by atoms with Crippen LogP contribution in [0.4, 0.5) is 51.2 Å². The summed E-state index contributed by atoms with van der Waals surface area (Å²) in [5, 5.41) is 20.0. The first-order valence-electron chi connectivity index (χ1n) is 25.3. The molecule has 0 saturated carbocycles. The van der Waals surface area contributed by atoms with Crippen LogP contribution >= 0.6 is 0 Å². The van der Waals surface area contributed by atoms with E-state index in [0.717, 1.165) is 73.4 Å². The molecule has 75 heavy (non-hydrogen) atoms. The molecule has 0 saturated heterocycles. The van der Waals surface area contributed by atoms with E-state index in [-0.39, 0.29) is 0 Å². The maximum absolute atomic E-state index is 10.00. The standard InChI is InChI=1S/C70H47N5/c71-48-50-37-41-56(42-38-50)73(57-43-39-51(49-72)40-44-57)58-45-59(74-65-33-17-13-29-61(65)69(52-21-5-1-6-22-52,53-23-7-2-8-24-53)62-30-14-18-34-66(62)74)47-60(46-58)75-67-35-19-15-31-63(67)70(54-25-9-3-10-26-54,55-27-11-4-12-28-55)64-32-16-20-36-68(64)75/h1-47H. The first kappa shape index (κ1) is 44.7. The van der Waals surface area contributed by atoms with Crippen molar-refractivity contribution < 1.29 is 0 Å². The molecule has 5 nitrogen and oxygen atoms in total. The van der Waals surface area contributed by atoms with Gasteiger partial charge in [-0.15, -0.1) is 0 Å². The molecule has 13 rings (SSSR count). The summed E-state index contributed by atoms with van der Waals surface area (Å²) >= 11 is 0. The molecular weight excluding hydrogens is 911 g/mol. The third-order valence-electron chi connectivity index (χ3n) is 15.2. The molecule has 11 aromatic rings. The van der Waals surface area contributed by atoms with Gasteiger partial charge in [-0.3, -0.25) is 0 Å². The average molecular weight is 958 g/mol. The molecule has 0 aliphatic carbocycles. The topological polar surface area (TPSA) is 57.3 Å². The highest BCUT2D eigenvalue weighted by molar-refractivity contribution is 5.96. The zero-order valence-corrected chi connectivity index (χ0v) is 40.9. The Kier molecular flexibility index (Phi) is 11.0. The largest absolute Gasteiger partial charge is 0.310 e. The van der Waals surface area contributed by atoms with Crippen molar-refractivity contribution in [2.75, 3.05) is 14.7 Å². The summed E-state index contributed by atoms with van der Waals surface area (Å²) in [5.41, 5.74) is 17.9. The zero-order chi connectivity index (χ0) is 50.3. The van der Waals surface area contributed by atoms with Crippen LogP contribution in [0.1, 0.15) is 55.6 Å². The van der Waals surface area contributed by atoms with E-state index < -0.39 is 10.8 Å². The van der Waals surface area contributed by atoms with Crippen LogP contribution in [0.5, 0.6) is 0 Å². The molecule has 0 N–H and O–H groups in total. The highest BCUT2D eigenvalue weighted by atomic mass is 15.2. The van der Waals surface area contributed by atoms with E-state index in [1.54, 1.807) is 0 Å². The smallest absolute Gasteiger partial charge is 0.0991 e. The second-order valence-corrected chi connectivity index (χ2v) is 19.1. The molecular formula is C70H47N5.